The Bertz CT molecular complexity index is 982. The van der Waals surface area contributed by atoms with Crippen LogP contribution in [0.15, 0.2) is 57.7 Å². The summed E-state index contributed by atoms with van der Waals surface area (Å²) < 4.78 is 9.94. The van der Waals surface area contributed by atoms with Crippen molar-refractivity contribution in [2.75, 3.05) is 7.11 Å². The minimum absolute atomic E-state index is 0.0624. The van der Waals surface area contributed by atoms with Gasteiger partial charge in [0.25, 0.3) is 0 Å². The molecule has 0 saturated carbocycles. The predicted molar refractivity (Wildman–Crippen MR) is 93.8 cm³/mol. The Morgan fingerprint density at radius 1 is 1.20 bits per heavy atom. The summed E-state index contributed by atoms with van der Waals surface area (Å²) in [5.41, 5.74) is 0.168. The lowest BCUT2D eigenvalue weighted by Crippen LogP contribution is -2.18. The number of aromatic hydroxyl groups is 1. The zero-order valence-electron chi connectivity index (χ0n) is 14.0. The molecule has 5 heteroatoms. The summed E-state index contributed by atoms with van der Waals surface area (Å²) >= 11 is 0. The van der Waals surface area contributed by atoms with E-state index in [1.165, 1.54) is 13.2 Å². The Kier molecular flexibility index (Phi) is 4.57. The molecule has 3 aromatic rings. The lowest BCUT2D eigenvalue weighted by molar-refractivity contribution is -0.140. The van der Waals surface area contributed by atoms with Gasteiger partial charge in [0.05, 0.1) is 19.1 Å². The highest BCUT2D eigenvalue weighted by molar-refractivity contribution is 5.87. The first-order chi connectivity index (χ1) is 12.0. The highest BCUT2D eigenvalue weighted by Gasteiger charge is 2.27. The van der Waals surface area contributed by atoms with E-state index in [9.17, 15) is 14.7 Å². The van der Waals surface area contributed by atoms with Gasteiger partial charge in [-0.3, -0.25) is 4.79 Å². The molecular weight excluding hydrogens is 320 g/mol. The average molecular weight is 338 g/mol. The van der Waals surface area contributed by atoms with Crippen molar-refractivity contribution in [3.63, 3.8) is 0 Å². The Balaban J connectivity index is 2.26. The molecule has 128 valence electrons. The van der Waals surface area contributed by atoms with E-state index < -0.39 is 17.5 Å². The molecule has 0 unspecified atom stereocenters. The molecule has 2 aromatic carbocycles. The Labute approximate surface area is 144 Å². The van der Waals surface area contributed by atoms with Crippen molar-refractivity contribution in [3.05, 3.63) is 75.8 Å². The number of benzene rings is 2. The number of carbonyl (C=O) groups excluding carboxylic acids is 1. The Hall–Kier alpha value is -3.08. The molecule has 1 heterocycles. The maximum atomic E-state index is 12.4. The quantitative estimate of drug-likeness (QED) is 0.737. The van der Waals surface area contributed by atoms with E-state index in [1.54, 1.807) is 6.92 Å². The molecule has 1 N–H and O–H groups in total. The summed E-state index contributed by atoms with van der Waals surface area (Å²) in [6.07, 6.45) is -0.0775. The molecule has 1 aromatic heterocycles. The monoisotopic (exact) mass is 338 g/mol. The fourth-order valence-corrected chi connectivity index (χ4v) is 3.10. The number of hydrogen-bond donors (Lipinski definition) is 1. The molecule has 0 saturated heterocycles. The van der Waals surface area contributed by atoms with Crippen molar-refractivity contribution in [2.24, 2.45) is 0 Å². The van der Waals surface area contributed by atoms with E-state index in [2.05, 4.69) is 0 Å². The molecule has 5 nitrogen and oxygen atoms in total. The minimum Gasteiger partial charge on any atom is -0.507 e. The first-order valence-electron chi connectivity index (χ1n) is 7.89. The smallest absolute Gasteiger partial charge is 0.343 e. The van der Waals surface area contributed by atoms with Gasteiger partial charge in [-0.05, 0) is 23.3 Å². The van der Waals surface area contributed by atoms with E-state index in [1.807, 2.05) is 42.5 Å². The van der Waals surface area contributed by atoms with E-state index >= 15 is 0 Å². The van der Waals surface area contributed by atoms with Gasteiger partial charge in [0.2, 0.25) is 0 Å². The number of esters is 1. The van der Waals surface area contributed by atoms with Gasteiger partial charge < -0.3 is 14.3 Å². The molecule has 1 atom stereocenters. The SMILES string of the molecule is COC(=O)C[C@@H](c1c(O)cc(C)oc1=O)c1cccc2ccccc12. The maximum absolute atomic E-state index is 12.4. The van der Waals surface area contributed by atoms with Crippen LogP contribution in [0.1, 0.15) is 29.2 Å². The predicted octanol–water partition coefficient (Wildman–Crippen LogP) is 3.50. The van der Waals surface area contributed by atoms with Gasteiger partial charge in [0.15, 0.2) is 0 Å². The summed E-state index contributed by atoms with van der Waals surface area (Å²) in [4.78, 5) is 24.4. The summed E-state index contributed by atoms with van der Waals surface area (Å²) in [6.45, 7) is 1.58. The molecule has 25 heavy (non-hydrogen) atoms. The third-order valence-corrected chi connectivity index (χ3v) is 4.24. The Morgan fingerprint density at radius 2 is 1.92 bits per heavy atom. The van der Waals surface area contributed by atoms with Crippen molar-refractivity contribution in [2.45, 2.75) is 19.3 Å². The second-order valence-corrected chi connectivity index (χ2v) is 5.84. The number of aryl methyl sites for hydroxylation is 1. The second-order valence-electron chi connectivity index (χ2n) is 5.84. The minimum atomic E-state index is -0.671. The summed E-state index contributed by atoms with van der Waals surface area (Å²) in [6, 6.07) is 14.7. The molecule has 0 aliphatic heterocycles. The molecule has 0 amide bonds. The van der Waals surface area contributed by atoms with Crippen LogP contribution in [-0.2, 0) is 9.53 Å². The lowest BCUT2D eigenvalue weighted by Gasteiger charge is -2.19. The van der Waals surface area contributed by atoms with Gasteiger partial charge in [-0.25, -0.2) is 4.79 Å². The normalized spacial score (nSPS) is 12.1. The molecule has 3 rings (SSSR count). The summed E-state index contributed by atoms with van der Waals surface area (Å²) in [5, 5.41) is 12.2. The van der Waals surface area contributed by atoms with Crippen LogP contribution < -0.4 is 5.63 Å². The zero-order valence-corrected chi connectivity index (χ0v) is 14.0. The van der Waals surface area contributed by atoms with Crippen LogP contribution >= 0.6 is 0 Å². The van der Waals surface area contributed by atoms with Gasteiger partial charge >= 0.3 is 11.6 Å². The van der Waals surface area contributed by atoms with E-state index in [4.69, 9.17) is 9.15 Å². The molecule has 0 radical (unpaired) electrons. The molecular formula is C20H18O5. The zero-order chi connectivity index (χ0) is 18.0. The topological polar surface area (TPSA) is 76.7 Å². The van der Waals surface area contributed by atoms with Crippen LogP contribution in [0.2, 0.25) is 0 Å². The number of fused-ring (bicyclic) bond motifs is 1. The summed E-state index contributed by atoms with van der Waals surface area (Å²) in [7, 11) is 1.29. The van der Waals surface area contributed by atoms with Gasteiger partial charge in [0, 0.05) is 12.0 Å². The van der Waals surface area contributed by atoms with Crippen LogP contribution in [0.25, 0.3) is 10.8 Å². The van der Waals surface area contributed by atoms with Gasteiger partial charge in [-0.2, -0.15) is 0 Å². The first kappa shape index (κ1) is 16.8. The number of rotatable bonds is 4. The van der Waals surface area contributed by atoms with Crippen molar-refractivity contribution in [1.29, 1.82) is 0 Å². The van der Waals surface area contributed by atoms with Gasteiger partial charge in [0.1, 0.15) is 11.5 Å². The van der Waals surface area contributed by atoms with E-state index in [0.717, 1.165) is 16.3 Å². The Morgan fingerprint density at radius 3 is 2.64 bits per heavy atom. The highest BCUT2D eigenvalue weighted by Crippen LogP contribution is 2.36. The van der Waals surface area contributed by atoms with Gasteiger partial charge in [-0.1, -0.05) is 42.5 Å². The number of hydrogen-bond acceptors (Lipinski definition) is 5. The van der Waals surface area contributed by atoms with Crippen LogP contribution in [0.4, 0.5) is 0 Å². The standard InChI is InChI=1S/C20H18O5/c1-12-10-17(21)19(20(23)25-12)16(11-18(22)24-2)15-9-5-7-13-6-3-4-8-14(13)15/h3-10,16,21H,11H2,1-2H3/t16-/m1/s1. The van der Waals surface area contributed by atoms with Crippen LogP contribution in [0.3, 0.4) is 0 Å². The lowest BCUT2D eigenvalue weighted by atomic mass is 9.86. The third-order valence-electron chi connectivity index (χ3n) is 4.24. The molecule has 0 aliphatic rings. The number of carbonyl (C=O) groups is 1. The average Bonchev–Trinajstić information content (AvgIpc) is 2.59. The fourth-order valence-electron chi connectivity index (χ4n) is 3.10. The first-order valence-corrected chi connectivity index (χ1v) is 7.89. The molecule has 0 fully saturated rings. The van der Waals surface area contributed by atoms with Crippen molar-refractivity contribution >= 4 is 16.7 Å². The third kappa shape index (κ3) is 3.26. The summed E-state index contributed by atoms with van der Waals surface area (Å²) in [5.74, 6) is -1.02. The van der Waals surface area contributed by atoms with Crippen LogP contribution in [0.5, 0.6) is 5.75 Å². The van der Waals surface area contributed by atoms with Crippen LogP contribution in [0, 0.1) is 6.92 Å². The largest absolute Gasteiger partial charge is 0.507 e. The molecule has 0 spiro atoms. The van der Waals surface area contributed by atoms with E-state index in [-0.39, 0.29) is 17.7 Å². The molecule has 0 aliphatic carbocycles. The molecule has 0 bridgehead atoms. The number of methoxy groups -OCH3 is 1. The van der Waals surface area contributed by atoms with E-state index in [0.29, 0.717) is 5.76 Å². The van der Waals surface area contributed by atoms with Crippen LogP contribution in [-0.4, -0.2) is 18.2 Å². The fraction of sp³-hybridized carbons (Fsp3) is 0.200. The number of ether oxygens (including phenoxy) is 1. The van der Waals surface area contributed by atoms with Crippen molar-refractivity contribution < 1.29 is 19.1 Å². The van der Waals surface area contributed by atoms with Crippen molar-refractivity contribution in [3.8, 4) is 5.75 Å². The van der Waals surface area contributed by atoms with Crippen molar-refractivity contribution in [1.82, 2.24) is 0 Å². The highest BCUT2D eigenvalue weighted by atomic mass is 16.5. The van der Waals surface area contributed by atoms with Gasteiger partial charge in [-0.15, -0.1) is 0 Å². The maximum Gasteiger partial charge on any atom is 0.343 e. The second kappa shape index (κ2) is 6.81.